The third-order valence-corrected chi connectivity index (χ3v) is 3.59. The van der Waals surface area contributed by atoms with Crippen LogP contribution in [0.1, 0.15) is 11.7 Å². The molecule has 0 heterocycles. The summed E-state index contributed by atoms with van der Waals surface area (Å²) >= 11 is 5.87. The van der Waals surface area contributed by atoms with Crippen LogP contribution >= 0.6 is 11.6 Å². The molecule has 6 heteroatoms. The minimum atomic E-state index is -0.261. The Morgan fingerprint density at radius 3 is 2.62 bits per heavy atom. The lowest BCUT2D eigenvalue weighted by atomic mass is 10.1. The fourth-order valence-corrected chi connectivity index (χ4v) is 2.32. The van der Waals surface area contributed by atoms with Gasteiger partial charge in [-0.3, -0.25) is 0 Å². The SMILES string of the molecule is COC(CNC(=O)NCCOc1cccc(Cl)c1)c1ccccc1. The van der Waals surface area contributed by atoms with Crippen LogP contribution in [-0.4, -0.2) is 32.8 Å². The minimum absolute atomic E-state index is 0.181. The maximum Gasteiger partial charge on any atom is 0.315 e. The van der Waals surface area contributed by atoms with Crippen molar-refractivity contribution in [3.8, 4) is 5.75 Å². The first-order valence-electron chi connectivity index (χ1n) is 7.67. The molecule has 0 radical (unpaired) electrons. The van der Waals surface area contributed by atoms with E-state index in [-0.39, 0.29) is 12.1 Å². The van der Waals surface area contributed by atoms with Crippen molar-refractivity contribution in [2.24, 2.45) is 0 Å². The molecule has 1 atom stereocenters. The van der Waals surface area contributed by atoms with E-state index >= 15 is 0 Å². The van der Waals surface area contributed by atoms with E-state index in [0.29, 0.717) is 30.5 Å². The predicted molar refractivity (Wildman–Crippen MR) is 94.5 cm³/mol. The zero-order chi connectivity index (χ0) is 17.2. The normalized spacial score (nSPS) is 11.6. The van der Waals surface area contributed by atoms with Gasteiger partial charge in [0.25, 0.3) is 0 Å². The van der Waals surface area contributed by atoms with E-state index in [2.05, 4.69) is 10.6 Å². The molecular weight excluding hydrogens is 328 g/mol. The molecule has 0 spiro atoms. The Bertz CT molecular complexity index is 637. The Kier molecular flexibility index (Phi) is 7.39. The average Bonchev–Trinajstić information content (AvgIpc) is 2.60. The fraction of sp³-hybridized carbons (Fsp3) is 0.278. The topological polar surface area (TPSA) is 59.6 Å². The smallest absolute Gasteiger partial charge is 0.315 e. The van der Waals surface area contributed by atoms with E-state index in [9.17, 15) is 4.79 Å². The summed E-state index contributed by atoms with van der Waals surface area (Å²) in [5.41, 5.74) is 1.02. The van der Waals surface area contributed by atoms with Crippen molar-refractivity contribution in [3.63, 3.8) is 0 Å². The molecule has 0 aliphatic carbocycles. The lowest BCUT2D eigenvalue weighted by Gasteiger charge is -2.17. The molecule has 5 nitrogen and oxygen atoms in total. The highest BCUT2D eigenvalue weighted by Gasteiger charge is 2.11. The maximum atomic E-state index is 11.8. The van der Waals surface area contributed by atoms with Gasteiger partial charge >= 0.3 is 6.03 Å². The zero-order valence-corrected chi connectivity index (χ0v) is 14.3. The molecule has 0 saturated heterocycles. The molecule has 128 valence electrons. The van der Waals surface area contributed by atoms with Gasteiger partial charge in [0.05, 0.1) is 12.6 Å². The second kappa shape index (κ2) is 9.80. The molecule has 2 aromatic carbocycles. The van der Waals surface area contributed by atoms with E-state index in [0.717, 1.165) is 5.56 Å². The highest BCUT2D eigenvalue weighted by atomic mass is 35.5. The monoisotopic (exact) mass is 348 g/mol. The van der Waals surface area contributed by atoms with Gasteiger partial charge in [-0.2, -0.15) is 0 Å². The standard InChI is InChI=1S/C18H21ClN2O3/c1-23-17(14-6-3-2-4-7-14)13-21-18(22)20-10-11-24-16-9-5-8-15(19)12-16/h2-9,12,17H,10-11,13H2,1H3,(H2,20,21,22). The van der Waals surface area contributed by atoms with Crippen molar-refractivity contribution in [3.05, 3.63) is 65.2 Å². The van der Waals surface area contributed by atoms with E-state index in [1.165, 1.54) is 0 Å². The summed E-state index contributed by atoms with van der Waals surface area (Å²) in [5, 5.41) is 6.14. The van der Waals surface area contributed by atoms with Crippen molar-refractivity contribution in [1.29, 1.82) is 0 Å². The number of urea groups is 1. The van der Waals surface area contributed by atoms with E-state index < -0.39 is 0 Å². The third-order valence-electron chi connectivity index (χ3n) is 3.36. The number of ether oxygens (including phenoxy) is 2. The highest BCUT2D eigenvalue weighted by molar-refractivity contribution is 6.30. The molecule has 0 aromatic heterocycles. The first-order valence-corrected chi connectivity index (χ1v) is 8.04. The number of carbonyl (C=O) groups excluding carboxylic acids is 1. The van der Waals surface area contributed by atoms with Crippen LogP contribution in [0.3, 0.4) is 0 Å². The molecule has 2 aromatic rings. The predicted octanol–water partition coefficient (Wildman–Crippen LogP) is 3.41. The van der Waals surface area contributed by atoms with Gasteiger partial charge in [0.2, 0.25) is 0 Å². The van der Waals surface area contributed by atoms with Crippen LogP contribution in [0.25, 0.3) is 0 Å². The lowest BCUT2D eigenvalue weighted by molar-refractivity contribution is 0.104. The third kappa shape index (κ3) is 6.10. The van der Waals surface area contributed by atoms with E-state index in [1.807, 2.05) is 42.5 Å². The van der Waals surface area contributed by atoms with Crippen LogP contribution in [0, 0.1) is 0 Å². The number of nitrogens with one attached hydrogen (secondary N) is 2. The number of amides is 2. The van der Waals surface area contributed by atoms with Gasteiger partial charge in [0.1, 0.15) is 12.4 Å². The summed E-state index contributed by atoms with van der Waals surface area (Å²) < 4.78 is 10.9. The Morgan fingerprint density at radius 2 is 1.92 bits per heavy atom. The Labute approximate surface area is 146 Å². The number of rotatable bonds is 8. The molecule has 1 unspecified atom stereocenters. The van der Waals surface area contributed by atoms with Gasteiger partial charge < -0.3 is 20.1 Å². The first kappa shape index (κ1) is 18.1. The molecule has 2 amide bonds. The number of benzene rings is 2. The minimum Gasteiger partial charge on any atom is -0.492 e. The van der Waals surface area contributed by atoms with E-state index in [4.69, 9.17) is 21.1 Å². The van der Waals surface area contributed by atoms with Crippen LogP contribution < -0.4 is 15.4 Å². The van der Waals surface area contributed by atoms with Gasteiger partial charge in [-0.15, -0.1) is 0 Å². The maximum absolute atomic E-state index is 11.8. The number of hydrogen-bond donors (Lipinski definition) is 2. The van der Waals surface area contributed by atoms with Crippen LogP contribution in [0.15, 0.2) is 54.6 Å². The Hall–Kier alpha value is -2.24. The summed E-state index contributed by atoms with van der Waals surface area (Å²) in [7, 11) is 1.62. The van der Waals surface area contributed by atoms with Crippen LogP contribution in [0.4, 0.5) is 4.79 Å². The largest absolute Gasteiger partial charge is 0.492 e. The van der Waals surface area contributed by atoms with Crippen molar-refractivity contribution >= 4 is 17.6 Å². The van der Waals surface area contributed by atoms with E-state index in [1.54, 1.807) is 19.2 Å². The molecule has 2 N–H and O–H groups in total. The number of methoxy groups -OCH3 is 1. The fourth-order valence-electron chi connectivity index (χ4n) is 2.14. The summed E-state index contributed by atoms with van der Waals surface area (Å²) in [4.78, 5) is 11.8. The molecule has 0 fully saturated rings. The molecule has 2 rings (SSSR count). The number of halogens is 1. The second-order valence-electron chi connectivity index (χ2n) is 5.08. The Morgan fingerprint density at radius 1 is 1.12 bits per heavy atom. The summed E-state index contributed by atoms with van der Waals surface area (Å²) in [6.45, 7) is 1.14. The lowest BCUT2D eigenvalue weighted by Crippen LogP contribution is -2.39. The summed E-state index contributed by atoms with van der Waals surface area (Å²) in [5.74, 6) is 0.674. The Balaban J connectivity index is 1.66. The summed E-state index contributed by atoms with van der Waals surface area (Å²) in [6, 6.07) is 16.6. The van der Waals surface area contributed by atoms with Crippen molar-refractivity contribution < 1.29 is 14.3 Å². The van der Waals surface area contributed by atoms with Gasteiger partial charge in [-0.25, -0.2) is 4.79 Å². The molecule has 0 bridgehead atoms. The zero-order valence-electron chi connectivity index (χ0n) is 13.5. The van der Waals surface area contributed by atoms with Crippen LogP contribution in [0.5, 0.6) is 5.75 Å². The van der Waals surface area contributed by atoms with Crippen LogP contribution in [0.2, 0.25) is 5.02 Å². The van der Waals surface area contributed by atoms with Gasteiger partial charge in [-0.05, 0) is 23.8 Å². The number of hydrogen-bond acceptors (Lipinski definition) is 3. The first-order chi connectivity index (χ1) is 11.7. The average molecular weight is 349 g/mol. The molecule has 0 aliphatic heterocycles. The quantitative estimate of drug-likeness (QED) is 0.719. The molecule has 24 heavy (non-hydrogen) atoms. The molecule has 0 aliphatic rings. The van der Waals surface area contributed by atoms with Crippen molar-refractivity contribution in [2.75, 3.05) is 26.8 Å². The van der Waals surface area contributed by atoms with Gasteiger partial charge in [0, 0.05) is 18.7 Å². The summed E-state index contributed by atoms with van der Waals surface area (Å²) in [6.07, 6.45) is -0.181. The van der Waals surface area contributed by atoms with Crippen molar-refractivity contribution in [2.45, 2.75) is 6.10 Å². The van der Waals surface area contributed by atoms with Crippen molar-refractivity contribution in [1.82, 2.24) is 10.6 Å². The molecular formula is C18H21ClN2O3. The highest BCUT2D eigenvalue weighted by Crippen LogP contribution is 2.17. The molecule has 0 saturated carbocycles. The number of carbonyl (C=O) groups is 1. The van der Waals surface area contributed by atoms with Gasteiger partial charge in [0.15, 0.2) is 0 Å². The van der Waals surface area contributed by atoms with Crippen LogP contribution in [-0.2, 0) is 4.74 Å². The second-order valence-corrected chi connectivity index (χ2v) is 5.51. The van der Waals surface area contributed by atoms with Gasteiger partial charge in [-0.1, -0.05) is 48.0 Å².